The van der Waals surface area contributed by atoms with E-state index in [2.05, 4.69) is 20.8 Å². The second-order valence-corrected chi connectivity index (χ2v) is 7.21. The zero-order valence-electron chi connectivity index (χ0n) is 14.9. The molecule has 2 aromatic rings. The summed E-state index contributed by atoms with van der Waals surface area (Å²) in [5.41, 5.74) is 3.11. The molecule has 0 N–H and O–H groups in total. The lowest BCUT2D eigenvalue weighted by Crippen LogP contribution is -2.37. The van der Waals surface area contributed by atoms with Crippen LogP contribution in [0.1, 0.15) is 49.2 Å². The number of pyridine rings is 1. The molecular formula is C18H22N2O5. The summed E-state index contributed by atoms with van der Waals surface area (Å²) in [7, 11) is 0. The van der Waals surface area contributed by atoms with E-state index in [1.807, 2.05) is 12.1 Å². The van der Waals surface area contributed by atoms with Crippen molar-refractivity contribution in [3.63, 3.8) is 0 Å². The molecule has 3 rings (SSSR count). The van der Waals surface area contributed by atoms with E-state index in [9.17, 15) is 9.59 Å². The molecule has 0 saturated heterocycles. The number of hydrogen-bond donors (Lipinski definition) is 0. The number of aromatic nitrogens is 1. The highest BCUT2D eigenvalue weighted by atomic mass is 16.6. The Kier molecular flexibility index (Phi) is 4.41. The van der Waals surface area contributed by atoms with Gasteiger partial charge in [-0.3, -0.25) is 4.98 Å². The summed E-state index contributed by atoms with van der Waals surface area (Å²) < 4.78 is 14.8. The van der Waals surface area contributed by atoms with Crippen molar-refractivity contribution >= 4 is 6.09 Å². The lowest BCUT2D eigenvalue weighted by atomic mass is 9.90. The predicted molar refractivity (Wildman–Crippen MR) is 89.2 cm³/mol. The lowest BCUT2D eigenvalue weighted by Gasteiger charge is -2.29. The van der Waals surface area contributed by atoms with E-state index < -0.39 is 11.9 Å². The minimum Gasteiger partial charge on any atom is -0.441 e. The van der Waals surface area contributed by atoms with Gasteiger partial charge in [0.25, 0.3) is 0 Å². The Labute approximate surface area is 145 Å². The molecule has 7 heteroatoms. The topological polar surface area (TPSA) is 85.8 Å². The van der Waals surface area contributed by atoms with Crippen LogP contribution in [0.2, 0.25) is 0 Å². The fraction of sp³-hybridized carbons (Fsp3) is 0.500. The molecule has 3 heterocycles. The van der Waals surface area contributed by atoms with Crippen LogP contribution in [0.4, 0.5) is 4.79 Å². The van der Waals surface area contributed by atoms with Gasteiger partial charge in [0.05, 0.1) is 6.54 Å². The second-order valence-electron chi connectivity index (χ2n) is 7.21. The third kappa shape index (κ3) is 3.75. The molecule has 0 atom stereocenters. The van der Waals surface area contributed by atoms with Gasteiger partial charge in [-0.05, 0) is 18.6 Å². The number of carbonyl (C=O) groups is 1. The molecule has 7 nitrogen and oxygen atoms in total. The number of amides is 1. The Hall–Kier alpha value is -2.57. The van der Waals surface area contributed by atoms with Gasteiger partial charge in [0.2, 0.25) is 0 Å². The molecule has 0 aliphatic carbocycles. The van der Waals surface area contributed by atoms with Crippen LogP contribution in [0.3, 0.4) is 0 Å². The third-order valence-electron chi connectivity index (χ3n) is 4.24. The van der Waals surface area contributed by atoms with Crippen LogP contribution in [0.5, 0.6) is 0 Å². The average Bonchev–Trinajstić information content (AvgIpc) is 2.88. The van der Waals surface area contributed by atoms with E-state index in [1.54, 1.807) is 11.8 Å². The fourth-order valence-corrected chi connectivity index (χ4v) is 2.71. The van der Waals surface area contributed by atoms with Gasteiger partial charge in [0, 0.05) is 29.8 Å². The van der Waals surface area contributed by atoms with E-state index in [0.29, 0.717) is 25.3 Å². The average molecular weight is 346 g/mol. The summed E-state index contributed by atoms with van der Waals surface area (Å²) in [5.74, 6) is -0.246. The molecule has 0 aromatic carbocycles. The molecule has 0 bridgehead atoms. The van der Waals surface area contributed by atoms with Crippen LogP contribution < -0.4 is 5.82 Å². The van der Waals surface area contributed by atoms with Crippen LogP contribution in [0.25, 0.3) is 0 Å². The summed E-state index contributed by atoms with van der Waals surface area (Å²) in [5, 5.41) is 0. The molecule has 0 spiro atoms. The van der Waals surface area contributed by atoms with Crippen molar-refractivity contribution in [3.8, 4) is 0 Å². The Bertz CT molecular complexity index is 844. The fourth-order valence-electron chi connectivity index (χ4n) is 2.71. The van der Waals surface area contributed by atoms with Crippen molar-refractivity contribution in [2.75, 3.05) is 6.54 Å². The van der Waals surface area contributed by atoms with Gasteiger partial charge in [-0.2, -0.15) is 0 Å². The van der Waals surface area contributed by atoms with Crippen molar-refractivity contribution in [3.05, 3.63) is 51.2 Å². The normalized spacial score (nSPS) is 14.3. The minimum atomic E-state index is -0.795. The molecule has 0 unspecified atom stereocenters. The molecule has 2 aromatic heterocycles. The molecular weight excluding hydrogens is 324 g/mol. The number of aryl methyl sites for hydroxylation is 1. The summed E-state index contributed by atoms with van der Waals surface area (Å²) in [6, 6.07) is 4.04. The largest absolute Gasteiger partial charge is 0.519 e. The van der Waals surface area contributed by atoms with E-state index in [1.165, 1.54) is 0 Å². The number of hydrogen-bond acceptors (Lipinski definition) is 6. The van der Waals surface area contributed by atoms with Gasteiger partial charge in [-0.1, -0.05) is 26.8 Å². The molecule has 0 radical (unpaired) electrons. The van der Waals surface area contributed by atoms with Crippen molar-refractivity contribution in [2.24, 2.45) is 0 Å². The van der Waals surface area contributed by atoms with Crippen molar-refractivity contribution in [2.45, 2.75) is 52.7 Å². The number of fused-ring (bicyclic) bond motifs is 1. The van der Waals surface area contributed by atoms with Crippen molar-refractivity contribution in [1.82, 2.24) is 9.88 Å². The van der Waals surface area contributed by atoms with Crippen LogP contribution in [0, 0.1) is 6.92 Å². The first-order valence-electron chi connectivity index (χ1n) is 8.24. The van der Waals surface area contributed by atoms with Gasteiger partial charge in [0.1, 0.15) is 0 Å². The highest BCUT2D eigenvalue weighted by molar-refractivity contribution is 5.68. The number of nitrogens with zero attached hydrogens (tertiary/aromatic N) is 2. The maximum atomic E-state index is 12.3. The molecule has 1 aliphatic rings. The predicted octanol–water partition coefficient (Wildman–Crippen LogP) is 2.93. The third-order valence-corrected chi connectivity index (χ3v) is 4.24. The first kappa shape index (κ1) is 17.3. The molecule has 0 fully saturated rings. The van der Waals surface area contributed by atoms with Gasteiger partial charge >= 0.3 is 11.9 Å². The molecule has 1 amide bonds. The summed E-state index contributed by atoms with van der Waals surface area (Å²) in [6.45, 7) is 8.85. The van der Waals surface area contributed by atoms with E-state index in [4.69, 9.17) is 18.6 Å². The molecule has 0 saturated carbocycles. The minimum absolute atomic E-state index is 0.00251. The maximum absolute atomic E-state index is 12.3. The van der Waals surface area contributed by atoms with E-state index in [0.717, 1.165) is 17.0 Å². The molecule has 1 aliphatic heterocycles. The zero-order valence-corrected chi connectivity index (χ0v) is 14.9. The highest BCUT2D eigenvalue weighted by Crippen LogP contribution is 2.25. The van der Waals surface area contributed by atoms with E-state index >= 15 is 0 Å². The first-order valence-corrected chi connectivity index (χ1v) is 8.24. The van der Waals surface area contributed by atoms with Crippen LogP contribution in [-0.4, -0.2) is 22.5 Å². The second kappa shape index (κ2) is 6.38. The van der Waals surface area contributed by atoms with Crippen molar-refractivity contribution in [1.29, 1.82) is 0 Å². The van der Waals surface area contributed by atoms with Crippen LogP contribution in [0.15, 0.2) is 25.8 Å². The van der Waals surface area contributed by atoms with Gasteiger partial charge < -0.3 is 18.5 Å². The van der Waals surface area contributed by atoms with Crippen molar-refractivity contribution < 1.29 is 18.4 Å². The Morgan fingerprint density at radius 3 is 2.72 bits per heavy atom. The lowest BCUT2D eigenvalue weighted by molar-refractivity contribution is 0.0850. The van der Waals surface area contributed by atoms with Gasteiger partial charge in [0.15, 0.2) is 18.1 Å². The Morgan fingerprint density at radius 2 is 2.08 bits per heavy atom. The van der Waals surface area contributed by atoms with E-state index in [-0.39, 0.29) is 17.8 Å². The number of carbonyl (C=O) groups excluding carboxylic acids is 1. The summed E-state index contributed by atoms with van der Waals surface area (Å²) >= 11 is 0. The number of rotatable bonds is 2. The SMILES string of the molecule is Cc1oc(=O)oc1COC(=O)N1CCc2nc(C(C)(C)C)ccc2C1. The quantitative estimate of drug-likeness (QED) is 0.831. The Balaban J connectivity index is 1.65. The van der Waals surface area contributed by atoms with Crippen LogP contribution >= 0.6 is 0 Å². The number of ether oxygens (including phenoxy) is 1. The van der Waals surface area contributed by atoms with Gasteiger partial charge in [-0.25, -0.2) is 9.59 Å². The standard InChI is InChI=1S/C18H22N2O5/c1-11-14(25-17(22)24-11)10-23-16(21)20-8-7-13-12(9-20)5-6-15(19-13)18(2,3)4/h5-6H,7-10H2,1-4H3. The highest BCUT2D eigenvalue weighted by Gasteiger charge is 2.25. The summed E-state index contributed by atoms with van der Waals surface area (Å²) in [6.07, 6.45) is 0.238. The smallest absolute Gasteiger partial charge is 0.441 e. The molecule has 134 valence electrons. The van der Waals surface area contributed by atoms with Crippen LogP contribution in [-0.2, 0) is 29.7 Å². The zero-order chi connectivity index (χ0) is 18.2. The monoisotopic (exact) mass is 346 g/mol. The summed E-state index contributed by atoms with van der Waals surface area (Å²) in [4.78, 5) is 29.6. The first-order chi connectivity index (χ1) is 11.7. The maximum Gasteiger partial charge on any atom is 0.519 e. The Morgan fingerprint density at radius 1 is 1.32 bits per heavy atom. The van der Waals surface area contributed by atoms with Gasteiger partial charge in [-0.15, -0.1) is 0 Å². The molecule has 25 heavy (non-hydrogen) atoms.